The highest BCUT2D eigenvalue weighted by molar-refractivity contribution is 6.99. The van der Waals surface area contributed by atoms with Crippen molar-refractivity contribution in [3.05, 3.63) is 36.7 Å². The smallest absolute Gasteiger partial charge is 0.254 e. The largest absolute Gasteiger partial charge is 1.00 e. The van der Waals surface area contributed by atoms with E-state index in [0.29, 0.717) is 12.5 Å². The number of hydrogen-bond acceptors (Lipinski definition) is 4. The van der Waals surface area contributed by atoms with Crippen LogP contribution in [0, 0.1) is 0 Å². The van der Waals surface area contributed by atoms with E-state index in [1.807, 2.05) is 42.2 Å². The Morgan fingerprint density at radius 3 is 2.95 bits per heavy atom. The number of unbranched alkanes of at least 4 members (excludes halogenated alkanes) is 1. The molecule has 0 unspecified atom stereocenters. The highest BCUT2D eigenvalue weighted by Crippen LogP contribution is 2.26. The van der Waals surface area contributed by atoms with Crippen molar-refractivity contribution in [2.75, 3.05) is 6.61 Å². The summed E-state index contributed by atoms with van der Waals surface area (Å²) in [5.74, 6) is 0.609. The molecule has 0 aromatic carbocycles. The van der Waals surface area contributed by atoms with Crippen molar-refractivity contribution in [3.63, 3.8) is 0 Å². The molecule has 2 heterocycles. The molecule has 108 valence electrons. The highest BCUT2D eigenvalue weighted by atomic mass is 127. The van der Waals surface area contributed by atoms with Crippen LogP contribution in [0.5, 0.6) is 5.88 Å². The van der Waals surface area contributed by atoms with Gasteiger partial charge >= 0.3 is 0 Å². The van der Waals surface area contributed by atoms with Crippen molar-refractivity contribution in [3.8, 4) is 17.1 Å². The molecule has 4 nitrogen and oxygen atoms in total. The summed E-state index contributed by atoms with van der Waals surface area (Å²) in [6.07, 6.45) is 10.4. The van der Waals surface area contributed by atoms with Gasteiger partial charge in [-0.1, -0.05) is 25.5 Å². The average molecular weight is 403 g/mol. The molecule has 20 heavy (non-hydrogen) atoms. The molecule has 0 radical (unpaired) electrons. The Balaban J connectivity index is 0.00000200. The molecule has 2 aromatic rings. The molecule has 0 spiro atoms. The van der Waals surface area contributed by atoms with E-state index in [9.17, 15) is 0 Å². The van der Waals surface area contributed by atoms with Crippen molar-refractivity contribution < 1.29 is 33.3 Å². The minimum Gasteiger partial charge on any atom is -1.00 e. The Kier molecular flexibility index (Phi) is 7.68. The van der Waals surface area contributed by atoms with Crippen LogP contribution in [0.1, 0.15) is 19.8 Å². The third-order valence-corrected chi connectivity index (χ3v) is 3.12. The summed E-state index contributed by atoms with van der Waals surface area (Å²) in [5, 5.41) is 0. The number of halogens is 1. The molecule has 0 saturated heterocycles. The van der Waals surface area contributed by atoms with Crippen LogP contribution < -0.4 is 33.3 Å². The molecule has 2 rings (SSSR count). The zero-order valence-electron chi connectivity index (χ0n) is 11.6. The summed E-state index contributed by atoms with van der Waals surface area (Å²) < 4.78 is 16.2. The van der Waals surface area contributed by atoms with Crippen LogP contribution in [-0.4, -0.2) is 15.4 Å². The van der Waals surface area contributed by atoms with Crippen molar-refractivity contribution in [2.24, 2.45) is 7.05 Å². The van der Waals surface area contributed by atoms with Crippen molar-refractivity contribution in [1.82, 2.24) is 8.75 Å². The number of aryl methyl sites for hydroxylation is 1. The second kappa shape index (κ2) is 9.02. The lowest BCUT2D eigenvalue weighted by atomic mass is 10.2. The Labute approximate surface area is 140 Å². The molecule has 0 bridgehead atoms. The molecular weight excluding hydrogens is 385 g/mol. The summed E-state index contributed by atoms with van der Waals surface area (Å²) in [6.45, 7) is 2.69. The van der Waals surface area contributed by atoms with Gasteiger partial charge in [0.2, 0.25) is 0 Å². The van der Waals surface area contributed by atoms with E-state index in [2.05, 4.69) is 21.7 Å². The number of pyridine rings is 1. The van der Waals surface area contributed by atoms with Crippen LogP contribution >= 0.6 is 11.7 Å². The second-order valence-corrected chi connectivity index (χ2v) is 4.78. The van der Waals surface area contributed by atoms with Gasteiger partial charge in [0.05, 0.1) is 17.3 Å². The molecule has 0 aliphatic rings. The first kappa shape index (κ1) is 17.0. The molecule has 6 heteroatoms. The molecule has 0 N–H and O–H groups in total. The van der Waals surface area contributed by atoms with Crippen LogP contribution in [-0.2, 0) is 7.05 Å². The van der Waals surface area contributed by atoms with E-state index in [4.69, 9.17) is 4.74 Å². The Morgan fingerprint density at radius 1 is 1.35 bits per heavy atom. The molecule has 0 atom stereocenters. The van der Waals surface area contributed by atoms with E-state index in [0.717, 1.165) is 24.1 Å². The zero-order chi connectivity index (χ0) is 13.5. The maximum absolute atomic E-state index is 5.66. The molecule has 0 aliphatic carbocycles. The minimum absolute atomic E-state index is 0. The van der Waals surface area contributed by atoms with Gasteiger partial charge in [-0.05, 0) is 12.5 Å². The fraction of sp³-hybridized carbons (Fsp3) is 0.357. The van der Waals surface area contributed by atoms with Crippen LogP contribution in [0.2, 0.25) is 0 Å². The number of ether oxygens (including phenoxy) is 1. The Bertz CT molecular complexity index is 557. The van der Waals surface area contributed by atoms with Crippen LogP contribution in [0.15, 0.2) is 36.7 Å². The van der Waals surface area contributed by atoms with Crippen molar-refractivity contribution >= 4 is 11.7 Å². The van der Waals surface area contributed by atoms with Gasteiger partial charge < -0.3 is 28.7 Å². The Morgan fingerprint density at radius 2 is 2.20 bits per heavy atom. The van der Waals surface area contributed by atoms with Gasteiger partial charge in [-0.3, -0.25) is 0 Å². The normalized spacial score (nSPS) is 10.5. The van der Waals surface area contributed by atoms with Crippen molar-refractivity contribution in [1.29, 1.82) is 0 Å². The predicted molar refractivity (Wildman–Crippen MR) is 76.1 cm³/mol. The molecule has 0 saturated carbocycles. The first-order valence-corrected chi connectivity index (χ1v) is 7.10. The van der Waals surface area contributed by atoms with Crippen LogP contribution in [0.4, 0.5) is 0 Å². The maximum atomic E-state index is 5.66. The van der Waals surface area contributed by atoms with E-state index in [1.54, 1.807) is 0 Å². The Hall–Kier alpha value is -1.02. The van der Waals surface area contributed by atoms with Crippen LogP contribution in [0.3, 0.4) is 0 Å². The van der Waals surface area contributed by atoms with Gasteiger partial charge in [-0.2, -0.15) is 4.37 Å². The van der Waals surface area contributed by atoms with Gasteiger partial charge in [0.15, 0.2) is 18.1 Å². The quantitative estimate of drug-likeness (QED) is 0.380. The van der Waals surface area contributed by atoms with Crippen molar-refractivity contribution in [2.45, 2.75) is 19.8 Å². The summed E-state index contributed by atoms with van der Waals surface area (Å²) in [7, 11) is 1.98. The van der Waals surface area contributed by atoms with E-state index >= 15 is 0 Å². The maximum Gasteiger partial charge on any atom is 0.254 e. The van der Waals surface area contributed by atoms with Gasteiger partial charge in [-0.15, -0.1) is 4.37 Å². The number of allylic oxidation sites excluding steroid dienone is 1. The van der Waals surface area contributed by atoms with Gasteiger partial charge in [-0.25, -0.2) is 4.57 Å². The van der Waals surface area contributed by atoms with Gasteiger partial charge in [0.1, 0.15) is 13.7 Å². The summed E-state index contributed by atoms with van der Waals surface area (Å²) in [4.78, 5) is 0. The molecule has 0 amide bonds. The molecule has 2 aromatic heterocycles. The van der Waals surface area contributed by atoms with E-state index in [1.165, 1.54) is 11.7 Å². The lowest BCUT2D eigenvalue weighted by Crippen LogP contribution is -3.00. The van der Waals surface area contributed by atoms with E-state index in [-0.39, 0.29) is 24.0 Å². The molecular formula is C14H18IN3OS. The summed E-state index contributed by atoms with van der Waals surface area (Å²) >= 11 is 1.18. The van der Waals surface area contributed by atoms with Crippen LogP contribution in [0.25, 0.3) is 11.3 Å². The van der Waals surface area contributed by atoms with Gasteiger partial charge in [0, 0.05) is 6.07 Å². The first-order valence-electron chi connectivity index (χ1n) is 6.37. The topological polar surface area (TPSA) is 38.9 Å². The number of aromatic nitrogens is 3. The predicted octanol–water partition coefficient (Wildman–Crippen LogP) is -0.231. The fourth-order valence-electron chi connectivity index (χ4n) is 1.66. The summed E-state index contributed by atoms with van der Waals surface area (Å²) in [6, 6.07) is 4.00. The number of hydrogen-bond donors (Lipinski definition) is 0. The molecule has 0 aliphatic heterocycles. The third kappa shape index (κ3) is 4.82. The first-order chi connectivity index (χ1) is 9.31. The monoisotopic (exact) mass is 403 g/mol. The zero-order valence-corrected chi connectivity index (χ0v) is 14.6. The lowest BCUT2D eigenvalue weighted by molar-refractivity contribution is -0.671. The SMILES string of the molecule is CCCC=CCOc1nsnc1-c1ccc[n+](C)c1.[I-]. The van der Waals surface area contributed by atoms with E-state index < -0.39 is 0 Å². The third-order valence-electron chi connectivity index (χ3n) is 2.61. The molecule has 0 fully saturated rings. The van der Waals surface area contributed by atoms with Gasteiger partial charge in [0.25, 0.3) is 5.88 Å². The minimum atomic E-state index is 0. The lowest BCUT2D eigenvalue weighted by Gasteiger charge is -2.01. The standard InChI is InChI=1S/C14H18N3OS.HI/c1-3-4-5-6-10-18-14-13(15-19-16-14)12-8-7-9-17(2)11-12;/h5-9,11H,3-4,10H2,1-2H3;1H/q+1;/p-1. The fourth-order valence-corrected chi connectivity index (χ4v) is 2.18. The summed E-state index contributed by atoms with van der Waals surface area (Å²) in [5.41, 5.74) is 1.83. The average Bonchev–Trinajstić information content (AvgIpc) is 2.87. The second-order valence-electron chi connectivity index (χ2n) is 4.25. The highest BCUT2D eigenvalue weighted by Gasteiger charge is 2.13. The number of nitrogens with zero attached hydrogens (tertiary/aromatic N) is 3. The number of rotatable bonds is 6.